The highest BCUT2D eigenvalue weighted by Crippen LogP contribution is 2.36. The highest BCUT2D eigenvalue weighted by molar-refractivity contribution is 9.10. The largest absolute Gasteiger partial charge is 0.495 e. The van der Waals surface area contributed by atoms with E-state index >= 15 is 0 Å². The van der Waals surface area contributed by atoms with Crippen molar-refractivity contribution in [2.45, 2.75) is 13.0 Å². The Bertz CT molecular complexity index is 965. The second kappa shape index (κ2) is 11.5. The number of likely N-dealkylation sites (N-methyl/N-ethyl adjacent to an activating group) is 1. The summed E-state index contributed by atoms with van der Waals surface area (Å²) in [5, 5.41) is 5.79. The van der Waals surface area contributed by atoms with Crippen LogP contribution in [-0.4, -0.2) is 71.3 Å². The number of nitrogens with zero attached hydrogens (tertiary/aromatic N) is 3. The molecule has 2 aromatic rings. The fraction of sp³-hybridized carbons (Fsp3) is 0.417. The predicted molar refractivity (Wildman–Crippen MR) is 131 cm³/mol. The molecule has 8 nitrogen and oxygen atoms in total. The number of halogens is 1. The summed E-state index contributed by atoms with van der Waals surface area (Å²) in [5.41, 5.74) is 3.28. The molecule has 178 valence electrons. The molecule has 1 heterocycles. The van der Waals surface area contributed by atoms with Crippen molar-refractivity contribution < 1.29 is 23.7 Å². The van der Waals surface area contributed by atoms with Crippen molar-refractivity contribution in [2.24, 2.45) is 5.10 Å². The van der Waals surface area contributed by atoms with Crippen LogP contribution in [0.15, 0.2) is 46.0 Å². The van der Waals surface area contributed by atoms with Gasteiger partial charge in [0.05, 0.1) is 33.1 Å². The number of methoxy groups -OCH3 is 3. The molecule has 33 heavy (non-hydrogen) atoms. The second-order valence-electron chi connectivity index (χ2n) is 7.55. The first-order valence-electron chi connectivity index (χ1n) is 10.6. The molecule has 2 aromatic carbocycles. The molecule has 0 spiro atoms. The van der Waals surface area contributed by atoms with Crippen LogP contribution in [0.1, 0.15) is 24.2 Å². The van der Waals surface area contributed by atoms with Gasteiger partial charge < -0.3 is 23.8 Å². The van der Waals surface area contributed by atoms with Crippen molar-refractivity contribution in [3.63, 3.8) is 0 Å². The molecule has 0 aliphatic carbocycles. The Balaban J connectivity index is 1.78. The van der Waals surface area contributed by atoms with Crippen LogP contribution in [0.5, 0.6) is 11.5 Å². The van der Waals surface area contributed by atoms with Crippen LogP contribution < -0.4 is 14.4 Å². The Morgan fingerprint density at radius 1 is 1.09 bits per heavy atom. The maximum Gasteiger partial charge on any atom is 0.276 e. The maximum absolute atomic E-state index is 13.1. The van der Waals surface area contributed by atoms with Crippen LogP contribution in [-0.2, 0) is 14.3 Å². The number of carbonyl (C=O) groups excluding carboxylic acids is 1. The van der Waals surface area contributed by atoms with Gasteiger partial charge in [0.25, 0.3) is 5.91 Å². The standard InChI is InChI=1S/C24H30BrN3O5/c1-16(18-14-20(30-3)22(25)21(15-18)31-4)26-27(2)24(29)23(32-5)17-6-8-19(9-7-17)28-10-12-33-13-11-28/h6-9,14-15,23H,10-13H2,1-5H3/b26-16+. The van der Waals surface area contributed by atoms with Crippen LogP contribution in [0.2, 0.25) is 0 Å². The van der Waals surface area contributed by atoms with E-state index in [4.69, 9.17) is 18.9 Å². The van der Waals surface area contributed by atoms with Gasteiger partial charge in [0.1, 0.15) is 16.0 Å². The lowest BCUT2D eigenvalue weighted by Gasteiger charge is -2.29. The van der Waals surface area contributed by atoms with E-state index < -0.39 is 6.10 Å². The molecular formula is C24H30BrN3O5. The Morgan fingerprint density at radius 2 is 1.67 bits per heavy atom. The van der Waals surface area contributed by atoms with Crippen molar-refractivity contribution in [2.75, 3.05) is 59.6 Å². The highest BCUT2D eigenvalue weighted by Gasteiger charge is 2.24. The van der Waals surface area contributed by atoms with Crippen LogP contribution in [0, 0.1) is 0 Å². The summed E-state index contributed by atoms with van der Waals surface area (Å²) in [5.74, 6) is 0.957. The number of hydrazone groups is 1. The number of ether oxygens (including phenoxy) is 4. The minimum atomic E-state index is -0.765. The molecule has 1 atom stereocenters. The Kier molecular flexibility index (Phi) is 8.71. The van der Waals surface area contributed by atoms with Gasteiger partial charge in [0, 0.05) is 38.5 Å². The molecule has 3 rings (SSSR count). The molecule has 1 amide bonds. The summed E-state index contributed by atoms with van der Waals surface area (Å²) < 4.78 is 22.5. The van der Waals surface area contributed by atoms with E-state index in [1.807, 2.05) is 43.3 Å². The van der Waals surface area contributed by atoms with Gasteiger partial charge in [0.15, 0.2) is 6.10 Å². The average molecular weight is 520 g/mol. The van der Waals surface area contributed by atoms with Crippen LogP contribution in [0.3, 0.4) is 0 Å². The summed E-state index contributed by atoms with van der Waals surface area (Å²) in [4.78, 5) is 15.4. The number of carbonyl (C=O) groups is 1. The van der Waals surface area contributed by atoms with Crippen LogP contribution >= 0.6 is 15.9 Å². The van der Waals surface area contributed by atoms with Gasteiger partial charge in [0.2, 0.25) is 0 Å². The van der Waals surface area contributed by atoms with E-state index in [1.54, 1.807) is 21.3 Å². The SMILES string of the molecule is COc1cc(/C(C)=N/N(C)C(=O)C(OC)c2ccc(N3CCOCC3)cc2)cc(OC)c1Br. The minimum Gasteiger partial charge on any atom is -0.495 e. The molecule has 1 saturated heterocycles. The summed E-state index contributed by atoms with van der Waals surface area (Å²) in [6, 6.07) is 11.5. The number of hydrogen-bond acceptors (Lipinski definition) is 7. The Morgan fingerprint density at radius 3 is 2.18 bits per heavy atom. The number of hydrogen-bond donors (Lipinski definition) is 0. The lowest BCUT2D eigenvalue weighted by Crippen LogP contribution is -2.36. The number of amides is 1. The molecule has 0 N–H and O–H groups in total. The van der Waals surface area contributed by atoms with Crippen LogP contribution in [0.25, 0.3) is 0 Å². The molecule has 0 bridgehead atoms. The van der Waals surface area contributed by atoms with E-state index in [0.717, 1.165) is 43.1 Å². The zero-order valence-electron chi connectivity index (χ0n) is 19.6. The van der Waals surface area contributed by atoms with E-state index in [1.165, 1.54) is 12.1 Å². The number of rotatable bonds is 8. The van der Waals surface area contributed by atoms with Crippen molar-refractivity contribution in [3.05, 3.63) is 52.0 Å². The van der Waals surface area contributed by atoms with Crippen molar-refractivity contribution in [1.29, 1.82) is 0 Å². The van der Waals surface area contributed by atoms with E-state index in [2.05, 4.69) is 25.9 Å². The molecule has 9 heteroatoms. The topological polar surface area (TPSA) is 72.8 Å². The normalized spacial score (nSPS) is 15.2. The third-order valence-electron chi connectivity index (χ3n) is 5.51. The summed E-state index contributed by atoms with van der Waals surface area (Å²) >= 11 is 3.46. The van der Waals surface area contributed by atoms with Crippen LogP contribution in [0.4, 0.5) is 5.69 Å². The van der Waals surface area contributed by atoms with E-state index in [9.17, 15) is 4.79 Å². The number of morpholine rings is 1. The van der Waals surface area contributed by atoms with Gasteiger partial charge in [-0.15, -0.1) is 0 Å². The third-order valence-corrected chi connectivity index (χ3v) is 6.30. The third kappa shape index (κ3) is 5.85. The maximum atomic E-state index is 13.1. The first-order valence-corrected chi connectivity index (χ1v) is 11.4. The lowest BCUT2D eigenvalue weighted by molar-refractivity contribution is -0.141. The van der Waals surface area contributed by atoms with Crippen molar-refractivity contribution >= 4 is 33.2 Å². The molecular weight excluding hydrogens is 490 g/mol. The molecule has 0 saturated carbocycles. The average Bonchev–Trinajstić information content (AvgIpc) is 2.85. The van der Waals surface area contributed by atoms with E-state index in [0.29, 0.717) is 21.7 Å². The minimum absolute atomic E-state index is 0.271. The second-order valence-corrected chi connectivity index (χ2v) is 8.34. The van der Waals surface area contributed by atoms with Gasteiger partial charge in [-0.25, -0.2) is 5.01 Å². The Labute approximate surface area is 203 Å². The zero-order valence-corrected chi connectivity index (χ0v) is 21.2. The van der Waals surface area contributed by atoms with Gasteiger partial charge >= 0.3 is 0 Å². The Hall–Kier alpha value is -2.62. The zero-order chi connectivity index (χ0) is 24.0. The van der Waals surface area contributed by atoms with Gasteiger partial charge in [-0.1, -0.05) is 12.1 Å². The lowest BCUT2D eigenvalue weighted by atomic mass is 10.1. The number of anilines is 1. The molecule has 1 aliphatic rings. The fourth-order valence-electron chi connectivity index (χ4n) is 3.64. The van der Waals surface area contributed by atoms with Gasteiger partial charge in [-0.05, 0) is 52.7 Å². The first kappa shape index (κ1) is 25.0. The number of benzene rings is 2. The van der Waals surface area contributed by atoms with Gasteiger partial charge in [-0.3, -0.25) is 4.79 Å². The van der Waals surface area contributed by atoms with Crippen molar-refractivity contribution in [1.82, 2.24) is 5.01 Å². The summed E-state index contributed by atoms with van der Waals surface area (Å²) in [6.45, 7) is 4.98. The smallest absolute Gasteiger partial charge is 0.276 e. The molecule has 1 fully saturated rings. The monoisotopic (exact) mass is 519 g/mol. The molecule has 1 aliphatic heterocycles. The summed E-state index contributed by atoms with van der Waals surface area (Å²) in [7, 11) is 6.30. The highest BCUT2D eigenvalue weighted by atomic mass is 79.9. The molecule has 1 unspecified atom stereocenters. The summed E-state index contributed by atoms with van der Waals surface area (Å²) in [6.07, 6.45) is -0.765. The molecule has 0 aromatic heterocycles. The first-order chi connectivity index (χ1) is 15.9. The quantitative estimate of drug-likeness (QED) is 0.389. The fourth-order valence-corrected chi connectivity index (χ4v) is 4.19. The van der Waals surface area contributed by atoms with E-state index in [-0.39, 0.29) is 5.91 Å². The predicted octanol–water partition coefficient (Wildman–Crippen LogP) is 3.87. The van der Waals surface area contributed by atoms with Gasteiger partial charge in [-0.2, -0.15) is 5.10 Å². The molecule has 0 radical (unpaired) electrons. The van der Waals surface area contributed by atoms with Crippen molar-refractivity contribution in [3.8, 4) is 11.5 Å².